The molecule has 0 spiro atoms. The van der Waals surface area contributed by atoms with Gasteiger partial charge in [0.25, 0.3) is 0 Å². The smallest absolute Gasteiger partial charge is 0.167 e. The van der Waals surface area contributed by atoms with Crippen LogP contribution in [-0.4, -0.2) is 27.9 Å². The lowest BCUT2D eigenvalue weighted by atomic mass is 10.1. The molecule has 0 saturated carbocycles. The highest BCUT2D eigenvalue weighted by atomic mass is 32.1. The van der Waals surface area contributed by atoms with Crippen molar-refractivity contribution in [3.05, 3.63) is 52.5 Å². The summed E-state index contributed by atoms with van der Waals surface area (Å²) in [5, 5.41) is 15.0. The summed E-state index contributed by atoms with van der Waals surface area (Å²) in [4.78, 5) is 11.5. The van der Waals surface area contributed by atoms with Gasteiger partial charge in [0.1, 0.15) is 22.3 Å². The molecule has 142 valence electrons. The molecule has 0 radical (unpaired) electrons. The van der Waals surface area contributed by atoms with Crippen LogP contribution < -0.4 is 10.2 Å². The molecule has 3 heterocycles. The fourth-order valence-electron chi connectivity index (χ4n) is 2.77. The lowest BCUT2D eigenvalue weighted by molar-refractivity contribution is 0.341. The second-order valence-corrected chi connectivity index (χ2v) is 8.27. The van der Waals surface area contributed by atoms with E-state index >= 15 is 0 Å². The third-order valence-corrected chi connectivity index (χ3v) is 6.15. The van der Waals surface area contributed by atoms with Crippen molar-refractivity contribution in [3.63, 3.8) is 0 Å². The van der Waals surface area contributed by atoms with Gasteiger partial charge in [0.05, 0.1) is 17.7 Å². The molecule has 0 aliphatic heterocycles. The first kappa shape index (κ1) is 18.4. The lowest BCUT2D eigenvalue weighted by Gasteiger charge is -2.08. The lowest BCUT2D eigenvalue weighted by Crippen LogP contribution is -1.93. The van der Waals surface area contributed by atoms with Crippen molar-refractivity contribution in [2.45, 2.75) is 13.8 Å². The van der Waals surface area contributed by atoms with E-state index in [9.17, 15) is 5.11 Å². The maximum absolute atomic E-state index is 10.8. The Labute approximate surface area is 170 Å². The molecule has 8 heteroatoms. The molecule has 0 aliphatic carbocycles. The van der Waals surface area contributed by atoms with Gasteiger partial charge in [0, 0.05) is 15.3 Å². The maximum atomic E-state index is 10.8. The minimum Gasteiger partial charge on any atom is -0.504 e. The van der Waals surface area contributed by atoms with Crippen molar-refractivity contribution in [1.82, 2.24) is 9.97 Å². The van der Waals surface area contributed by atoms with E-state index in [1.165, 1.54) is 22.5 Å². The van der Waals surface area contributed by atoms with Crippen molar-refractivity contribution in [2.24, 2.45) is 5.10 Å². The average Bonchev–Trinajstić information content (AvgIpc) is 3.26. The van der Waals surface area contributed by atoms with Crippen LogP contribution in [0, 0.1) is 6.92 Å². The predicted molar refractivity (Wildman–Crippen MR) is 116 cm³/mol. The first-order valence-electron chi connectivity index (χ1n) is 8.71. The standard InChI is InChI=1S/C20H18N4O2S2/c1-3-26-15-7-5-4-6-14(15)18-17(25)16-19(28-18)20(22-11-21-16)24-23-10-13-9-8-12(2)27-13/h4-11,25H,3H2,1-2H3,(H,21,22,24). The molecule has 4 rings (SSSR count). The number of benzene rings is 1. The number of nitrogens with one attached hydrogen (secondary N) is 1. The number of fused-ring (bicyclic) bond motifs is 1. The Hall–Kier alpha value is -2.97. The molecule has 0 aliphatic rings. The van der Waals surface area contributed by atoms with Gasteiger partial charge in [-0.3, -0.25) is 5.43 Å². The minimum absolute atomic E-state index is 0.121. The highest BCUT2D eigenvalue weighted by molar-refractivity contribution is 7.23. The van der Waals surface area contributed by atoms with Crippen molar-refractivity contribution in [3.8, 4) is 21.9 Å². The normalized spacial score (nSPS) is 11.4. The topological polar surface area (TPSA) is 79.6 Å². The summed E-state index contributed by atoms with van der Waals surface area (Å²) in [7, 11) is 0. The number of ether oxygens (including phenoxy) is 1. The molecular formula is C20H18N4O2S2. The SMILES string of the molecule is CCOc1ccccc1-c1sc2c(NN=Cc3ccc(C)s3)ncnc2c1O. The van der Waals surface area contributed by atoms with Crippen LogP contribution in [0.25, 0.3) is 20.7 Å². The molecule has 2 N–H and O–H groups in total. The molecule has 0 fully saturated rings. The Bertz CT molecular complexity index is 1150. The first-order chi connectivity index (χ1) is 13.7. The molecule has 0 saturated heterocycles. The van der Waals surface area contributed by atoms with Crippen molar-refractivity contribution >= 4 is 44.9 Å². The Morgan fingerprint density at radius 3 is 2.82 bits per heavy atom. The van der Waals surface area contributed by atoms with E-state index in [2.05, 4.69) is 27.4 Å². The van der Waals surface area contributed by atoms with Crippen LogP contribution in [0.4, 0.5) is 5.82 Å². The van der Waals surface area contributed by atoms with Crippen LogP contribution in [0.1, 0.15) is 16.7 Å². The molecule has 0 atom stereocenters. The number of hydrogen-bond acceptors (Lipinski definition) is 8. The molecular weight excluding hydrogens is 392 g/mol. The summed E-state index contributed by atoms with van der Waals surface area (Å²) < 4.78 is 6.45. The van der Waals surface area contributed by atoms with Gasteiger partial charge >= 0.3 is 0 Å². The van der Waals surface area contributed by atoms with E-state index in [1.807, 2.05) is 43.3 Å². The first-order valence-corrected chi connectivity index (χ1v) is 10.3. The van der Waals surface area contributed by atoms with Crippen LogP contribution in [0.2, 0.25) is 0 Å². The van der Waals surface area contributed by atoms with Crippen LogP contribution >= 0.6 is 22.7 Å². The second-order valence-electron chi connectivity index (χ2n) is 5.93. The van der Waals surface area contributed by atoms with Gasteiger partial charge in [-0.05, 0) is 38.1 Å². The zero-order valence-corrected chi connectivity index (χ0v) is 17.0. The Morgan fingerprint density at radius 2 is 2.04 bits per heavy atom. The fraction of sp³-hybridized carbons (Fsp3) is 0.150. The summed E-state index contributed by atoms with van der Waals surface area (Å²) in [6.07, 6.45) is 3.17. The molecule has 0 bridgehead atoms. The quantitative estimate of drug-likeness (QED) is 0.334. The summed E-state index contributed by atoms with van der Waals surface area (Å²) in [6.45, 7) is 4.54. The number of nitrogens with zero attached hydrogens (tertiary/aromatic N) is 3. The van der Waals surface area contributed by atoms with Crippen molar-refractivity contribution in [2.75, 3.05) is 12.0 Å². The predicted octanol–water partition coefficient (Wildman–Crippen LogP) is 5.28. The summed E-state index contributed by atoms with van der Waals surface area (Å²) in [5.74, 6) is 1.39. The number of anilines is 1. The monoisotopic (exact) mass is 410 g/mol. The summed E-state index contributed by atoms with van der Waals surface area (Å²) in [6, 6.07) is 11.7. The molecule has 28 heavy (non-hydrogen) atoms. The molecule has 1 aromatic carbocycles. The van der Waals surface area contributed by atoms with E-state index in [0.29, 0.717) is 22.8 Å². The Morgan fingerprint density at radius 1 is 1.18 bits per heavy atom. The maximum Gasteiger partial charge on any atom is 0.167 e. The number of hydrogen-bond donors (Lipinski definition) is 2. The molecule has 6 nitrogen and oxygen atoms in total. The molecule has 0 amide bonds. The number of rotatable bonds is 6. The van der Waals surface area contributed by atoms with Gasteiger partial charge < -0.3 is 9.84 Å². The van der Waals surface area contributed by atoms with E-state index in [1.54, 1.807) is 17.6 Å². The third-order valence-electron chi connectivity index (χ3n) is 4.00. The molecule has 3 aromatic heterocycles. The average molecular weight is 411 g/mol. The molecule has 4 aromatic rings. The van der Waals surface area contributed by atoms with Gasteiger partial charge in [0.15, 0.2) is 11.6 Å². The second kappa shape index (κ2) is 7.95. The van der Waals surface area contributed by atoms with E-state index < -0.39 is 0 Å². The number of aromatic hydroxyl groups is 1. The van der Waals surface area contributed by atoms with Crippen LogP contribution in [0.5, 0.6) is 11.5 Å². The fourth-order valence-corrected chi connectivity index (χ4v) is 4.64. The minimum atomic E-state index is 0.121. The largest absolute Gasteiger partial charge is 0.504 e. The van der Waals surface area contributed by atoms with Crippen LogP contribution in [-0.2, 0) is 0 Å². The highest BCUT2D eigenvalue weighted by Gasteiger charge is 2.19. The number of hydrazone groups is 1. The van der Waals surface area contributed by atoms with Crippen LogP contribution in [0.15, 0.2) is 47.8 Å². The number of para-hydroxylation sites is 1. The third kappa shape index (κ3) is 3.56. The summed E-state index contributed by atoms with van der Waals surface area (Å²) >= 11 is 3.07. The van der Waals surface area contributed by atoms with E-state index in [4.69, 9.17) is 4.74 Å². The number of thiophene rings is 2. The van der Waals surface area contributed by atoms with Gasteiger partial charge in [-0.25, -0.2) is 9.97 Å². The Kier molecular flexibility index (Phi) is 5.23. The zero-order valence-electron chi connectivity index (χ0n) is 15.3. The number of aromatic nitrogens is 2. The van der Waals surface area contributed by atoms with E-state index in [-0.39, 0.29) is 5.75 Å². The van der Waals surface area contributed by atoms with Gasteiger partial charge in [0.2, 0.25) is 0 Å². The van der Waals surface area contributed by atoms with Crippen LogP contribution in [0.3, 0.4) is 0 Å². The molecule has 0 unspecified atom stereocenters. The Balaban J connectivity index is 1.71. The number of aryl methyl sites for hydroxylation is 1. The van der Waals surface area contributed by atoms with Gasteiger partial charge in [-0.1, -0.05) is 12.1 Å². The zero-order chi connectivity index (χ0) is 19.5. The van der Waals surface area contributed by atoms with Crippen molar-refractivity contribution < 1.29 is 9.84 Å². The van der Waals surface area contributed by atoms with Gasteiger partial charge in [-0.2, -0.15) is 5.10 Å². The van der Waals surface area contributed by atoms with Gasteiger partial charge in [-0.15, -0.1) is 22.7 Å². The van der Waals surface area contributed by atoms with E-state index in [0.717, 1.165) is 20.9 Å². The van der Waals surface area contributed by atoms with Crippen molar-refractivity contribution in [1.29, 1.82) is 0 Å². The highest BCUT2D eigenvalue weighted by Crippen LogP contribution is 2.47. The summed E-state index contributed by atoms with van der Waals surface area (Å²) in [5.41, 5.74) is 4.29.